The first-order valence-electron chi connectivity index (χ1n) is 1.67. The maximum atomic E-state index is 9.43. The molecule has 5 nitrogen and oxygen atoms in total. The van der Waals surface area contributed by atoms with Crippen molar-refractivity contribution in [1.82, 2.24) is 4.98 Å². The van der Waals surface area contributed by atoms with E-state index in [1.54, 1.807) is 0 Å². The van der Waals surface area contributed by atoms with E-state index in [4.69, 9.17) is 10.5 Å². The monoisotopic (exact) mass is 125 g/mol. The normalized spacial score (nSPS) is 5.78. The van der Waals surface area contributed by atoms with Gasteiger partial charge in [0.05, 0.1) is 0 Å². The predicted octanol–water partition coefficient (Wildman–Crippen LogP) is -1.11. The molecule has 1 N–H and O–H groups in total. The van der Waals surface area contributed by atoms with E-state index in [1.165, 1.54) is 0 Å². The minimum atomic E-state index is -0.468. The van der Waals surface area contributed by atoms with Crippen molar-refractivity contribution < 1.29 is 0 Å². The van der Waals surface area contributed by atoms with Gasteiger partial charge in [0.2, 0.25) is 0 Å². The molecule has 0 aromatic carbocycles. The van der Waals surface area contributed by atoms with Gasteiger partial charge in [0.15, 0.2) is 0 Å². The molecule has 9 heavy (non-hydrogen) atoms. The lowest BCUT2D eigenvalue weighted by Crippen LogP contribution is -1.88. The highest BCUT2D eigenvalue weighted by atomic mass is 16.2. The lowest BCUT2D eigenvalue weighted by Gasteiger charge is -1.10. The van der Waals surface area contributed by atoms with Crippen LogP contribution in [0.1, 0.15) is 0 Å². The first-order chi connectivity index (χ1) is 4.30. The fraction of sp³-hybridized carbons (Fsp3) is 0. The van der Waals surface area contributed by atoms with Crippen LogP contribution in [-0.4, -0.2) is 4.98 Å². The molecule has 0 radical (unpaired) electrons. The van der Waals surface area contributed by atoms with Crippen molar-refractivity contribution in [2.75, 3.05) is 0 Å². The topological polar surface area (TPSA) is 97.5 Å². The van der Waals surface area contributed by atoms with Crippen LogP contribution in [0.25, 0.3) is 0 Å². The highest BCUT2D eigenvalue weighted by Gasteiger charge is 1.96. The molecule has 5 heteroatoms. The van der Waals surface area contributed by atoms with Gasteiger partial charge in [0.25, 0.3) is 0 Å². The lowest BCUT2D eigenvalue weighted by molar-refractivity contribution is 1.56. The van der Waals surface area contributed by atoms with Crippen molar-refractivity contribution >= 4 is 0 Å². The zero-order chi connectivity index (χ0) is 7.86. The second kappa shape index (κ2) is 6.12. The van der Waals surface area contributed by atoms with Gasteiger partial charge >= 0.3 is 11.1 Å². The van der Waals surface area contributed by atoms with E-state index < -0.39 is 11.1 Å². The standard InChI is InChI=1S/C2HNO2.2CHN/c4-1-2(5)3-1;2*1-2/h(H,3,4,5);2*1H. The summed E-state index contributed by atoms with van der Waals surface area (Å²) in [7, 11) is 0. The zero-order valence-electron chi connectivity index (χ0n) is 4.37. The quantitative estimate of drug-likeness (QED) is 0.444. The van der Waals surface area contributed by atoms with Crippen molar-refractivity contribution in [3.8, 4) is 13.1 Å². The van der Waals surface area contributed by atoms with E-state index in [1.807, 2.05) is 4.98 Å². The highest BCUT2D eigenvalue weighted by Crippen LogP contribution is 1.28. The first kappa shape index (κ1) is 10.2. The summed E-state index contributed by atoms with van der Waals surface area (Å²) in [5.41, 5.74) is -0.935. The summed E-state index contributed by atoms with van der Waals surface area (Å²) < 4.78 is 0. The molecule has 0 aliphatic carbocycles. The Morgan fingerprint density at radius 3 is 1.11 bits per heavy atom. The van der Waals surface area contributed by atoms with Crippen LogP contribution < -0.4 is 11.1 Å². The molecule has 0 unspecified atom stereocenters. The Balaban J connectivity index is 0. The molecule has 0 bridgehead atoms. The van der Waals surface area contributed by atoms with Crippen LogP contribution in [-0.2, 0) is 0 Å². The third kappa shape index (κ3) is 6.12. The molecule has 46 valence electrons. The minimum absolute atomic E-state index is 0.468. The smallest absolute Gasteiger partial charge is 0.280 e. The number of nitriles is 2. The Labute approximate surface area is 50.5 Å². The van der Waals surface area contributed by atoms with Gasteiger partial charge in [-0.1, -0.05) is 0 Å². The van der Waals surface area contributed by atoms with Crippen molar-refractivity contribution in [2.24, 2.45) is 0 Å². The van der Waals surface area contributed by atoms with Crippen molar-refractivity contribution in [2.45, 2.75) is 0 Å². The molecular formula is C4H3N3O2. The maximum absolute atomic E-state index is 9.43. The van der Waals surface area contributed by atoms with E-state index >= 15 is 0 Å². The Kier molecular flexibility index (Phi) is 6.92. The number of nitrogens with zero attached hydrogens (tertiary/aromatic N) is 2. The summed E-state index contributed by atoms with van der Waals surface area (Å²) >= 11 is 0. The number of nitrogens with one attached hydrogen (secondary N) is 1. The number of hydrogen-bond acceptors (Lipinski definition) is 4. The van der Waals surface area contributed by atoms with Gasteiger partial charge in [-0.25, -0.2) is 10.5 Å². The van der Waals surface area contributed by atoms with E-state index in [0.29, 0.717) is 0 Å². The number of aromatic nitrogens is 1. The maximum Gasteiger partial charge on any atom is 0.316 e. The van der Waals surface area contributed by atoms with Gasteiger partial charge in [0, 0.05) is 13.1 Å². The molecule has 1 rings (SSSR count). The summed E-state index contributed by atoms with van der Waals surface area (Å²) in [5, 5.41) is 13.0. The lowest BCUT2D eigenvalue weighted by atomic mass is 11.1. The molecule has 0 saturated heterocycles. The largest absolute Gasteiger partial charge is 0.316 e. The fourth-order valence-electron chi connectivity index (χ4n) is 0.0719. The second-order valence-electron chi connectivity index (χ2n) is 0.783. The molecular weight excluding hydrogens is 122 g/mol. The summed E-state index contributed by atoms with van der Waals surface area (Å²) in [6.45, 7) is 7.00. The van der Waals surface area contributed by atoms with Gasteiger partial charge in [0.1, 0.15) is 0 Å². The molecule has 0 atom stereocenters. The zero-order valence-corrected chi connectivity index (χ0v) is 4.37. The number of hydrogen-bond donors (Lipinski definition) is 1. The van der Waals surface area contributed by atoms with Crippen LogP contribution in [0.2, 0.25) is 0 Å². The molecule has 0 aliphatic rings. The Hall–Kier alpha value is -1.88. The Bertz CT molecular complexity index is 221. The summed E-state index contributed by atoms with van der Waals surface area (Å²) in [6.07, 6.45) is 0. The third-order valence-electron chi connectivity index (χ3n) is 0.371. The molecule has 1 aromatic heterocycles. The molecule has 0 spiro atoms. The van der Waals surface area contributed by atoms with Gasteiger partial charge in [-0.05, 0) is 0 Å². The highest BCUT2D eigenvalue weighted by molar-refractivity contribution is 4.78. The van der Waals surface area contributed by atoms with Crippen molar-refractivity contribution in [3.63, 3.8) is 0 Å². The van der Waals surface area contributed by atoms with E-state index in [9.17, 15) is 9.59 Å². The fourth-order valence-corrected chi connectivity index (χ4v) is 0.0719. The number of rotatable bonds is 0. The minimum Gasteiger partial charge on any atom is -0.280 e. The summed E-state index contributed by atoms with van der Waals surface area (Å²) in [6, 6.07) is 0. The molecule has 0 amide bonds. The van der Waals surface area contributed by atoms with Crippen LogP contribution in [0.5, 0.6) is 0 Å². The summed E-state index contributed by atoms with van der Waals surface area (Å²) in [5.74, 6) is 0. The van der Waals surface area contributed by atoms with Gasteiger partial charge in [-0.15, -0.1) is 0 Å². The average Bonchev–Trinajstić information content (AvgIpc) is 2.56. The van der Waals surface area contributed by atoms with E-state index in [0.717, 1.165) is 0 Å². The molecule has 0 fully saturated rings. The second-order valence-corrected chi connectivity index (χ2v) is 0.783. The van der Waals surface area contributed by atoms with Crippen LogP contribution in [0, 0.1) is 23.7 Å². The number of H-pyrrole nitrogens is 1. The molecule has 1 heterocycles. The molecule has 0 saturated carbocycles. The predicted molar refractivity (Wildman–Crippen MR) is 29.0 cm³/mol. The van der Waals surface area contributed by atoms with Gasteiger partial charge in [-0.3, -0.25) is 14.6 Å². The van der Waals surface area contributed by atoms with Crippen LogP contribution in [0.15, 0.2) is 9.59 Å². The third-order valence-corrected chi connectivity index (χ3v) is 0.371. The molecule has 0 aliphatic heterocycles. The van der Waals surface area contributed by atoms with Crippen molar-refractivity contribution in [3.05, 3.63) is 20.7 Å². The van der Waals surface area contributed by atoms with E-state index in [-0.39, 0.29) is 0 Å². The van der Waals surface area contributed by atoms with E-state index in [2.05, 4.69) is 13.1 Å². The SMILES string of the molecule is C#N.C#N.O=c1[nH]c1=O. The summed E-state index contributed by atoms with van der Waals surface area (Å²) in [4.78, 5) is 20.8. The average molecular weight is 125 g/mol. The van der Waals surface area contributed by atoms with Gasteiger partial charge < -0.3 is 0 Å². The van der Waals surface area contributed by atoms with Crippen LogP contribution in [0.4, 0.5) is 0 Å². The Morgan fingerprint density at radius 1 is 1.00 bits per heavy atom. The Morgan fingerprint density at radius 2 is 1.11 bits per heavy atom. The van der Waals surface area contributed by atoms with Crippen LogP contribution in [0.3, 0.4) is 0 Å². The van der Waals surface area contributed by atoms with Crippen LogP contribution >= 0.6 is 0 Å². The van der Waals surface area contributed by atoms with Gasteiger partial charge in [-0.2, -0.15) is 0 Å². The first-order valence-corrected chi connectivity index (χ1v) is 1.67. The molecule has 1 aromatic rings. The van der Waals surface area contributed by atoms with Crippen molar-refractivity contribution in [1.29, 1.82) is 10.5 Å². The number of aromatic amines is 1.